The fraction of sp³-hybridized carbons (Fsp3) is 0.545. The third kappa shape index (κ3) is 10.4. The summed E-state index contributed by atoms with van der Waals surface area (Å²) in [5.41, 5.74) is 0.883. The second kappa shape index (κ2) is 13.8. The molecule has 1 unspecified atom stereocenters. The van der Waals surface area contributed by atoms with E-state index in [0.29, 0.717) is 0 Å². The van der Waals surface area contributed by atoms with Gasteiger partial charge in [0.1, 0.15) is 19.0 Å². The van der Waals surface area contributed by atoms with E-state index >= 15 is 0 Å². The van der Waals surface area contributed by atoms with Crippen LogP contribution < -0.4 is 4.74 Å². The molecular formula is C22H32O5. The maximum Gasteiger partial charge on any atom is 0.330 e. The van der Waals surface area contributed by atoms with Gasteiger partial charge in [-0.1, -0.05) is 52.2 Å². The first-order valence-corrected chi connectivity index (χ1v) is 9.81. The van der Waals surface area contributed by atoms with E-state index in [0.717, 1.165) is 30.8 Å². The zero-order valence-electron chi connectivity index (χ0n) is 16.7. The van der Waals surface area contributed by atoms with E-state index in [1.54, 1.807) is 13.0 Å². The number of carbonyl (C=O) groups excluding carboxylic acids is 2. The number of rotatable bonds is 13. The molecule has 0 aliphatic heterocycles. The summed E-state index contributed by atoms with van der Waals surface area (Å²) >= 11 is 0. The van der Waals surface area contributed by atoms with Gasteiger partial charge >= 0.3 is 11.9 Å². The van der Waals surface area contributed by atoms with Crippen LogP contribution in [0.1, 0.15) is 58.4 Å². The molecule has 0 saturated heterocycles. The minimum absolute atomic E-state index is 0.0517. The third-order valence-electron chi connectivity index (χ3n) is 4.15. The van der Waals surface area contributed by atoms with Crippen molar-refractivity contribution in [1.82, 2.24) is 0 Å². The Balaban J connectivity index is 2.25. The summed E-state index contributed by atoms with van der Waals surface area (Å²) in [6.07, 6.45) is 8.47. The first-order chi connectivity index (χ1) is 13.1. The summed E-state index contributed by atoms with van der Waals surface area (Å²) in [5.74, 6) is -0.0409. The first-order valence-electron chi connectivity index (χ1n) is 9.81. The Bertz CT molecular complexity index is 577. The Labute approximate surface area is 162 Å². The molecule has 27 heavy (non-hydrogen) atoms. The standard InChI is InChI=1S/C22H32O5/c1-4-6-7-8-15-25-20-12-9-19(10-13-20)11-14-21(23)26-16-17-27-22(24)18(3)5-2/h9-14,18H,4-8,15-17H2,1-3H3/b14-11+. The summed E-state index contributed by atoms with van der Waals surface area (Å²) in [6, 6.07) is 7.55. The van der Waals surface area contributed by atoms with Crippen LogP contribution in [-0.4, -0.2) is 31.8 Å². The molecule has 0 saturated carbocycles. The molecule has 150 valence electrons. The van der Waals surface area contributed by atoms with Gasteiger partial charge in [-0.3, -0.25) is 4.79 Å². The minimum atomic E-state index is -0.467. The van der Waals surface area contributed by atoms with Crippen molar-refractivity contribution in [3.05, 3.63) is 35.9 Å². The Morgan fingerprint density at radius 3 is 2.33 bits per heavy atom. The predicted molar refractivity (Wildman–Crippen MR) is 106 cm³/mol. The highest BCUT2D eigenvalue weighted by Crippen LogP contribution is 2.14. The van der Waals surface area contributed by atoms with Gasteiger partial charge in [0.15, 0.2) is 0 Å². The normalized spacial score (nSPS) is 12.0. The minimum Gasteiger partial charge on any atom is -0.494 e. The van der Waals surface area contributed by atoms with Crippen LogP contribution in [0.15, 0.2) is 30.3 Å². The number of hydrogen-bond acceptors (Lipinski definition) is 5. The Morgan fingerprint density at radius 1 is 0.963 bits per heavy atom. The molecule has 1 aromatic carbocycles. The summed E-state index contributed by atoms with van der Waals surface area (Å²) in [7, 11) is 0. The number of benzene rings is 1. The smallest absolute Gasteiger partial charge is 0.330 e. The molecule has 1 rings (SSSR count). The Hall–Kier alpha value is -2.30. The van der Waals surface area contributed by atoms with Gasteiger partial charge in [-0.25, -0.2) is 4.79 Å². The molecule has 0 bridgehead atoms. The van der Waals surface area contributed by atoms with Gasteiger partial charge in [0, 0.05) is 6.08 Å². The van der Waals surface area contributed by atoms with Crippen LogP contribution in [-0.2, 0) is 19.1 Å². The van der Waals surface area contributed by atoms with Crippen molar-refractivity contribution in [2.75, 3.05) is 19.8 Å². The Kier molecular flexibility index (Phi) is 11.7. The predicted octanol–water partition coefficient (Wildman–Crippen LogP) is 4.79. The van der Waals surface area contributed by atoms with Crippen LogP contribution in [0, 0.1) is 5.92 Å². The molecule has 0 spiro atoms. The van der Waals surface area contributed by atoms with Crippen molar-refractivity contribution < 1.29 is 23.8 Å². The van der Waals surface area contributed by atoms with Crippen molar-refractivity contribution in [3.63, 3.8) is 0 Å². The van der Waals surface area contributed by atoms with Crippen LogP contribution in [0.5, 0.6) is 5.75 Å². The van der Waals surface area contributed by atoms with Crippen LogP contribution in [0.3, 0.4) is 0 Å². The van der Waals surface area contributed by atoms with Gasteiger partial charge in [-0.15, -0.1) is 0 Å². The molecule has 5 nitrogen and oxygen atoms in total. The number of unbranched alkanes of at least 4 members (excludes halogenated alkanes) is 3. The average Bonchev–Trinajstić information content (AvgIpc) is 2.69. The summed E-state index contributed by atoms with van der Waals surface area (Å²) in [5, 5.41) is 0. The van der Waals surface area contributed by atoms with E-state index in [-0.39, 0.29) is 25.1 Å². The second-order valence-electron chi connectivity index (χ2n) is 6.46. The van der Waals surface area contributed by atoms with Gasteiger partial charge in [-0.2, -0.15) is 0 Å². The molecule has 1 aromatic rings. The Morgan fingerprint density at radius 2 is 1.67 bits per heavy atom. The van der Waals surface area contributed by atoms with E-state index in [1.165, 1.54) is 25.3 Å². The molecule has 0 aromatic heterocycles. The van der Waals surface area contributed by atoms with Crippen LogP contribution in [0.2, 0.25) is 0 Å². The van der Waals surface area contributed by atoms with Gasteiger partial charge in [0.2, 0.25) is 0 Å². The molecule has 0 heterocycles. The molecular weight excluding hydrogens is 344 g/mol. The maximum atomic E-state index is 11.7. The highest BCUT2D eigenvalue weighted by Gasteiger charge is 2.11. The SMILES string of the molecule is CCCCCCOc1ccc(/C=C/C(=O)OCCOC(=O)C(C)CC)cc1. The topological polar surface area (TPSA) is 61.8 Å². The molecule has 0 fully saturated rings. The number of carbonyl (C=O) groups is 2. The van der Waals surface area contributed by atoms with E-state index in [4.69, 9.17) is 14.2 Å². The lowest BCUT2D eigenvalue weighted by molar-refractivity contribution is -0.152. The lowest BCUT2D eigenvalue weighted by Gasteiger charge is -2.08. The highest BCUT2D eigenvalue weighted by molar-refractivity contribution is 5.87. The zero-order chi connectivity index (χ0) is 19.9. The lowest BCUT2D eigenvalue weighted by atomic mass is 10.1. The highest BCUT2D eigenvalue weighted by atomic mass is 16.6. The molecule has 1 atom stereocenters. The summed E-state index contributed by atoms with van der Waals surface area (Å²) in [6.45, 7) is 6.76. The molecule has 0 N–H and O–H groups in total. The van der Waals surface area contributed by atoms with Crippen molar-refractivity contribution >= 4 is 18.0 Å². The molecule has 0 amide bonds. The van der Waals surface area contributed by atoms with E-state index in [1.807, 2.05) is 31.2 Å². The number of esters is 2. The van der Waals surface area contributed by atoms with E-state index < -0.39 is 5.97 Å². The molecule has 0 aliphatic rings. The van der Waals surface area contributed by atoms with E-state index in [2.05, 4.69) is 6.92 Å². The van der Waals surface area contributed by atoms with Gasteiger partial charge in [0.25, 0.3) is 0 Å². The van der Waals surface area contributed by atoms with Gasteiger partial charge in [0.05, 0.1) is 12.5 Å². The lowest BCUT2D eigenvalue weighted by Crippen LogP contribution is -2.17. The number of ether oxygens (including phenoxy) is 3. The maximum absolute atomic E-state index is 11.7. The third-order valence-corrected chi connectivity index (χ3v) is 4.15. The molecule has 5 heteroatoms. The van der Waals surface area contributed by atoms with Crippen molar-refractivity contribution in [1.29, 1.82) is 0 Å². The van der Waals surface area contributed by atoms with Crippen LogP contribution >= 0.6 is 0 Å². The first kappa shape index (κ1) is 22.7. The van der Waals surface area contributed by atoms with Crippen LogP contribution in [0.4, 0.5) is 0 Å². The zero-order valence-corrected chi connectivity index (χ0v) is 16.7. The molecule has 0 aliphatic carbocycles. The fourth-order valence-electron chi connectivity index (χ4n) is 2.20. The quantitative estimate of drug-likeness (QED) is 0.281. The fourth-order valence-corrected chi connectivity index (χ4v) is 2.20. The van der Waals surface area contributed by atoms with Crippen molar-refractivity contribution in [2.45, 2.75) is 52.9 Å². The van der Waals surface area contributed by atoms with Crippen molar-refractivity contribution in [3.8, 4) is 5.75 Å². The van der Waals surface area contributed by atoms with E-state index in [9.17, 15) is 9.59 Å². The monoisotopic (exact) mass is 376 g/mol. The van der Waals surface area contributed by atoms with Crippen LogP contribution in [0.25, 0.3) is 6.08 Å². The summed E-state index contributed by atoms with van der Waals surface area (Å²) < 4.78 is 15.7. The second-order valence-corrected chi connectivity index (χ2v) is 6.46. The van der Waals surface area contributed by atoms with Crippen molar-refractivity contribution in [2.24, 2.45) is 5.92 Å². The summed E-state index contributed by atoms with van der Waals surface area (Å²) in [4.78, 5) is 23.2. The van der Waals surface area contributed by atoms with Gasteiger partial charge < -0.3 is 14.2 Å². The number of hydrogen-bond donors (Lipinski definition) is 0. The molecule has 0 radical (unpaired) electrons. The average molecular weight is 376 g/mol. The largest absolute Gasteiger partial charge is 0.494 e. The van der Waals surface area contributed by atoms with Gasteiger partial charge in [-0.05, 0) is 36.6 Å².